The zero-order valence-electron chi connectivity index (χ0n) is 15.2. The van der Waals surface area contributed by atoms with E-state index in [0.29, 0.717) is 21.3 Å². The Kier molecular flexibility index (Phi) is 4.00. The van der Waals surface area contributed by atoms with Crippen molar-refractivity contribution in [3.05, 3.63) is 52.3 Å². The number of nitrogens with zero attached hydrogens (tertiary/aromatic N) is 5. The quantitative estimate of drug-likeness (QED) is 0.566. The fourth-order valence-electron chi connectivity index (χ4n) is 3.41. The Hall–Kier alpha value is -3.63. The number of fused-ring (bicyclic) bond motifs is 2. The molecule has 3 aromatic heterocycles. The van der Waals surface area contributed by atoms with Crippen molar-refractivity contribution in [1.29, 1.82) is 0 Å². The summed E-state index contributed by atoms with van der Waals surface area (Å²) in [5, 5.41) is 12.7. The van der Waals surface area contributed by atoms with Crippen LogP contribution in [0.1, 0.15) is 23.0 Å². The zero-order valence-corrected chi connectivity index (χ0v) is 15.2. The number of carboxylic acids is 1. The fourth-order valence-corrected chi connectivity index (χ4v) is 3.41. The van der Waals surface area contributed by atoms with Gasteiger partial charge in [-0.15, -0.1) is 0 Å². The summed E-state index contributed by atoms with van der Waals surface area (Å²) in [7, 11) is 1.82. The van der Waals surface area contributed by atoms with Gasteiger partial charge in [0.15, 0.2) is 5.69 Å². The average Bonchev–Trinajstić information content (AvgIpc) is 3.22. The van der Waals surface area contributed by atoms with Crippen LogP contribution < -0.4 is 5.56 Å². The predicted molar refractivity (Wildman–Crippen MR) is 96.8 cm³/mol. The molecule has 29 heavy (non-hydrogen) atoms. The molecule has 1 N–H and O–H groups in total. The highest BCUT2D eigenvalue weighted by Crippen LogP contribution is 2.35. The van der Waals surface area contributed by atoms with Crippen LogP contribution in [0.5, 0.6) is 0 Å². The van der Waals surface area contributed by atoms with Crippen LogP contribution in [0.15, 0.2) is 35.5 Å². The monoisotopic (exact) mass is 405 g/mol. The molecule has 0 fully saturated rings. The maximum atomic E-state index is 13.5. The fraction of sp³-hybridized carbons (Fsp3) is 0.222. The molecule has 0 atom stereocenters. The van der Waals surface area contributed by atoms with Crippen molar-refractivity contribution in [1.82, 2.24) is 23.7 Å². The van der Waals surface area contributed by atoms with Crippen LogP contribution in [0.25, 0.3) is 27.8 Å². The maximum Gasteiger partial charge on any atom is 0.421 e. The number of benzene rings is 1. The number of halogens is 3. The van der Waals surface area contributed by atoms with Gasteiger partial charge in [0.1, 0.15) is 11.1 Å². The number of carbonyl (C=O) groups is 1. The minimum Gasteiger partial charge on any atom is -0.476 e. The molecule has 8 nitrogen and oxygen atoms in total. The summed E-state index contributed by atoms with van der Waals surface area (Å²) in [6.07, 6.45) is -2.20. The Balaban J connectivity index is 2.08. The standard InChI is InChI=1S/C18H14F3N5O3/c1-3-25-12(9-4-5-11-10(6-9)22-8-24(11)2)7-26-15(16(25)27)13(18(19,20)21)14(23-26)17(28)29/h4-8H,3H2,1-2H3,(H,28,29). The van der Waals surface area contributed by atoms with Crippen molar-refractivity contribution in [2.75, 3.05) is 0 Å². The van der Waals surface area contributed by atoms with E-state index < -0.39 is 34.5 Å². The molecule has 0 spiro atoms. The largest absolute Gasteiger partial charge is 0.476 e. The van der Waals surface area contributed by atoms with E-state index in [2.05, 4.69) is 10.1 Å². The van der Waals surface area contributed by atoms with Crippen molar-refractivity contribution in [3.63, 3.8) is 0 Å². The first kappa shape index (κ1) is 18.7. The van der Waals surface area contributed by atoms with E-state index in [-0.39, 0.29) is 6.54 Å². The highest BCUT2D eigenvalue weighted by molar-refractivity contribution is 5.90. The molecule has 4 rings (SSSR count). The van der Waals surface area contributed by atoms with Gasteiger partial charge < -0.3 is 14.2 Å². The Labute approximate surface area is 160 Å². The number of aromatic carboxylic acids is 1. The third kappa shape index (κ3) is 2.77. The van der Waals surface area contributed by atoms with Gasteiger partial charge in [-0.05, 0) is 19.1 Å². The molecule has 0 aliphatic rings. The lowest BCUT2D eigenvalue weighted by Gasteiger charge is -2.13. The second kappa shape index (κ2) is 6.19. The van der Waals surface area contributed by atoms with Crippen molar-refractivity contribution in [2.24, 2.45) is 7.05 Å². The molecule has 0 amide bonds. The Morgan fingerprint density at radius 3 is 2.62 bits per heavy atom. The van der Waals surface area contributed by atoms with Gasteiger partial charge in [0, 0.05) is 19.2 Å². The number of hydrogen-bond acceptors (Lipinski definition) is 4. The number of alkyl halides is 3. The van der Waals surface area contributed by atoms with Crippen LogP contribution in [-0.2, 0) is 19.8 Å². The summed E-state index contributed by atoms with van der Waals surface area (Å²) in [6.45, 7) is 1.69. The first-order chi connectivity index (χ1) is 13.6. The van der Waals surface area contributed by atoms with Gasteiger partial charge in [-0.25, -0.2) is 14.3 Å². The minimum absolute atomic E-state index is 0.0792. The molecule has 0 radical (unpaired) electrons. The van der Waals surface area contributed by atoms with Gasteiger partial charge in [-0.3, -0.25) is 4.79 Å². The number of carboxylic acid groups (broad SMARTS) is 1. The van der Waals surface area contributed by atoms with Gasteiger partial charge in [0.05, 0.1) is 29.3 Å². The van der Waals surface area contributed by atoms with Crippen molar-refractivity contribution in [2.45, 2.75) is 19.6 Å². The van der Waals surface area contributed by atoms with Crippen molar-refractivity contribution < 1.29 is 23.1 Å². The van der Waals surface area contributed by atoms with Gasteiger partial charge in [0.25, 0.3) is 5.56 Å². The SMILES string of the molecule is CCn1c(-c2ccc3c(c2)ncn3C)cn2nc(C(=O)O)c(C(F)(F)F)c2c1=O. The highest BCUT2D eigenvalue weighted by atomic mass is 19.4. The average molecular weight is 405 g/mol. The summed E-state index contributed by atoms with van der Waals surface area (Å²) in [5.41, 5.74) is -2.24. The summed E-state index contributed by atoms with van der Waals surface area (Å²) >= 11 is 0. The number of imidazole rings is 1. The lowest BCUT2D eigenvalue weighted by molar-refractivity contribution is -0.136. The van der Waals surface area contributed by atoms with Gasteiger partial charge in [-0.2, -0.15) is 18.3 Å². The molecule has 0 saturated carbocycles. The molecule has 150 valence electrons. The van der Waals surface area contributed by atoms with Crippen molar-refractivity contribution in [3.8, 4) is 11.3 Å². The van der Waals surface area contributed by atoms with E-state index in [0.717, 1.165) is 10.1 Å². The molecule has 1 aromatic carbocycles. The highest BCUT2D eigenvalue weighted by Gasteiger charge is 2.42. The lowest BCUT2D eigenvalue weighted by Crippen LogP contribution is -2.25. The van der Waals surface area contributed by atoms with Crippen LogP contribution in [0.2, 0.25) is 0 Å². The molecular weight excluding hydrogens is 391 g/mol. The lowest BCUT2D eigenvalue weighted by atomic mass is 10.1. The summed E-state index contributed by atoms with van der Waals surface area (Å²) < 4.78 is 44.2. The normalized spacial score (nSPS) is 12.2. The van der Waals surface area contributed by atoms with Crippen LogP contribution in [0.4, 0.5) is 13.2 Å². The Morgan fingerprint density at radius 2 is 2.00 bits per heavy atom. The van der Waals surface area contributed by atoms with E-state index in [1.54, 1.807) is 36.0 Å². The second-order valence-corrected chi connectivity index (χ2v) is 6.44. The van der Waals surface area contributed by atoms with E-state index in [4.69, 9.17) is 5.11 Å². The van der Waals surface area contributed by atoms with Gasteiger partial charge in [-0.1, -0.05) is 6.07 Å². The van der Waals surface area contributed by atoms with E-state index in [1.165, 1.54) is 6.20 Å². The second-order valence-electron chi connectivity index (χ2n) is 6.44. The first-order valence-electron chi connectivity index (χ1n) is 8.51. The molecule has 0 bridgehead atoms. The Bertz CT molecular complexity index is 1350. The topological polar surface area (TPSA) is 94.4 Å². The van der Waals surface area contributed by atoms with Gasteiger partial charge in [0.2, 0.25) is 0 Å². The van der Waals surface area contributed by atoms with E-state index in [9.17, 15) is 22.8 Å². The molecule has 0 saturated heterocycles. The zero-order chi connectivity index (χ0) is 21.1. The summed E-state index contributed by atoms with van der Waals surface area (Å²) in [5.74, 6) is -1.86. The summed E-state index contributed by atoms with van der Waals surface area (Å²) in [4.78, 5) is 28.5. The summed E-state index contributed by atoms with van der Waals surface area (Å²) in [6, 6.07) is 5.19. The maximum absolute atomic E-state index is 13.5. The van der Waals surface area contributed by atoms with E-state index >= 15 is 0 Å². The number of rotatable bonds is 3. The smallest absolute Gasteiger partial charge is 0.421 e. The molecule has 0 aliphatic carbocycles. The van der Waals surface area contributed by atoms with Crippen LogP contribution in [-0.4, -0.2) is 34.8 Å². The molecule has 0 unspecified atom stereocenters. The van der Waals surface area contributed by atoms with Crippen LogP contribution in [0, 0.1) is 0 Å². The minimum atomic E-state index is -5.05. The van der Waals surface area contributed by atoms with Crippen LogP contribution >= 0.6 is 0 Å². The third-order valence-electron chi connectivity index (χ3n) is 4.72. The molecule has 11 heteroatoms. The predicted octanol–water partition coefficient (Wildman–Crippen LogP) is 2.79. The first-order valence-corrected chi connectivity index (χ1v) is 8.51. The van der Waals surface area contributed by atoms with Crippen molar-refractivity contribution >= 4 is 22.5 Å². The van der Waals surface area contributed by atoms with Gasteiger partial charge >= 0.3 is 12.1 Å². The molecule has 0 aliphatic heterocycles. The molecule has 3 heterocycles. The van der Waals surface area contributed by atoms with Crippen LogP contribution in [0.3, 0.4) is 0 Å². The number of hydrogen-bond donors (Lipinski definition) is 1. The third-order valence-corrected chi connectivity index (χ3v) is 4.72. The molecule has 4 aromatic rings. The Morgan fingerprint density at radius 1 is 1.28 bits per heavy atom. The molecular formula is C18H14F3N5O3. The van der Waals surface area contributed by atoms with E-state index in [1.807, 2.05) is 7.05 Å². The number of aromatic nitrogens is 5. The number of aryl methyl sites for hydroxylation is 1.